The van der Waals surface area contributed by atoms with Gasteiger partial charge in [0.1, 0.15) is 0 Å². The Bertz CT molecular complexity index is 2150. The number of nitrogens with one attached hydrogen (secondary N) is 3. The number of urea groups is 1. The van der Waals surface area contributed by atoms with Gasteiger partial charge in [-0.1, -0.05) is 113 Å². The third kappa shape index (κ3) is 13.3. The summed E-state index contributed by atoms with van der Waals surface area (Å²) in [7, 11) is 0. The van der Waals surface area contributed by atoms with Gasteiger partial charge < -0.3 is 16.0 Å². The van der Waals surface area contributed by atoms with Crippen molar-refractivity contribution in [1.29, 1.82) is 5.26 Å². The van der Waals surface area contributed by atoms with Gasteiger partial charge in [0.05, 0.1) is 34.9 Å². The van der Waals surface area contributed by atoms with Crippen LogP contribution in [0.4, 0.5) is 4.79 Å². The molecule has 0 spiro atoms. The second kappa shape index (κ2) is 24.5. The van der Waals surface area contributed by atoms with E-state index >= 15 is 0 Å². The van der Waals surface area contributed by atoms with Crippen molar-refractivity contribution in [3.8, 4) is 6.07 Å². The highest BCUT2D eigenvalue weighted by atomic mass is 32.2. The number of benzene rings is 2. The highest BCUT2D eigenvalue weighted by molar-refractivity contribution is 8.00. The Morgan fingerprint density at radius 1 is 0.885 bits per heavy atom. The average Bonchev–Trinajstić information content (AvgIpc) is 3.97. The predicted octanol–water partition coefficient (Wildman–Crippen LogP) is 11.8. The Morgan fingerprint density at radius 2 is 1.64 bits per heavy atom. The number of hydrogen-bond acceptors (Lipinski definition) is 6. The lowest BCUT2D eigenvalue weighted by molar-refractivity contribution is -0.121. The minimum atomic E-state index is -0.124. The molecule has 2 aliphatic rings. The molecule has 3 amide bonds. The number of amides is 3. The van der Waals surface area contributed by atoms with Gasteiger partial charge in [-0.2, -0.15) is 17.0 Å². The van der Waals surface area contributed by atoms with E-state index in [2.05, 4.69) is 71.4 Å². The zero-order valence-electron chi connectivity index (χ0n) is 36.2. The number of rotatable bonds is 26. The van der Waals surface area contributed by atoms with Gasteiger partial charge in [0.25, 0.3) is 0 Å². The van der Waals surface area contributed by atoms with Crippen molar-refractivity contribution < 1.29 is 14.4 Å². The summed E-state index contributed by atoms with van der Waals surface area (Å²) in [5, 5.41) is 23.0. The predicted molar refractivity (Wildman–Crippen MR) is 252 cm³/mol. The molecular weight excluding hydrogens is 777 g/mol. The smallest absolute Gasteiger partial charge is 0.315 e. The van der Waals surface area contributed by atoms with Gasteiger partial charge in [-0.3, -0.25) is 19.1 Å². The fourth-order valence-electron chi connectivity index (χ4n) is 9.04. The molecule has 2 fully saturated rings. The minimum absolute atomic E-state index is 0.0562. The molecule has 6 rings (SSSR count). The van der Waals surface area contributed by atoms with Crippen LogP contribution in [-0.2, 0) is 4.79 Å². The molecule has 2 saturated heterocycles. The van der Waals surface area contributed by atoms with E-state index in [1.165, 1.54) is 61.4 Å². The zero-order valence-corrected chi connectivity index (χ0v) is 37.0. The zero-order chi connectivity index (χ0) is 42.7. The van der Waals surface area contributed by atoms with Crippen molar-refractivity contribution in [3.63, 3.8) is 0 Å². The summed E-state index contributed by atoms with van der Waals surface area (Å²) in [5.74, 6) is 1.12. The Balaban J connectivity index is 0.970. The summed E-state index contributed by atoms with van der Waals surface area (Å²) in [6.07, 6.45) is 30.1. The van der Waals surface area contributed by atoms with Crippen molar-refractivity contribution in [2.24, 2.45) is 0 Å². The molecule has 61 heavy (non-hydrogen) atoms. The number of nitrogens with zero attached hydrogens (tertiary/aromatic N) is 3. The Labute approximate surface area is 367 Å². The van der Waals surface area contributed by atoms with Crippen molar-refractivity contribution in [2.75, 3.05) is 12.3 Å². The lowest BCUT2D eigenvalue weighted by Crippen LogP contribution is -2.36. The van der Waals surface area contributed by atoms with Crippen LogP contribution in [0, 0.1) is 11.3 Å². The number of allylic oxidation sites excluding steroid dienone is 4. The van der Waals surface area contributed by atoms with Crippen LogP contribution in [0.2, 0.25) is 0 Å². The third-order valence-electron chi connectivity index (χ3n) is 12.4. The summed E-state index contributed by atoms with van der Waals surface area (Å²) in [6, 6.07) is 21.1. The van der Waals surface area contributed by atoms with E-state index in [0.29, 0.717) is 23.2 Å². The van der Waals surface area contributed by atoms with Gasteiger partial charge in [-0.15, -0.1) is 0 Å². The quantitative estimate of drug-likeness (QED) is 0.0250. The van der Waals surface area contributed by atoms with Crippen LogP contribution in [0.1, 0.15) is 151 Å². The van der Waals surface area contributed by atoms with E-state index < -0.39 is 0 Å². The van der Waals surface area contributed by atoms with E-state index in [1.54, 1.807) is 10.8 Å². The molecule has 2 aromatic heterocycles. The van der Waals surface area contributed by atoms with Crippen molar-refractivity contribution >= 4 is 56.9 Å². The summed E-state index contributed by atoms with van der Waals surface area (Å²) in [6.45, 7) is 2.52. The molecule has 3 N–H and O–H groups in total. The topological polar surface area (TPSA) is 129 Å². The van der Waals surface area contributed by atoms with Crippen LogP contribution >= 0.6 is 11.8 Å². The molecule has 2 aromatic carbocycles. The molecule has 4 heterocycles. The number of carbonyl (C=O) groups excluding carboxylic acids is 3. The van der Waals surface area contributed by atoms with Gasteiger partial charge in [0.15, 0.2) is 0 Å². The fourth-order valence-corrected chi connectivity index (χ4v) is 10.6. The highest BCUT2D eigenvalue weighted by Gasteiger charge is 2.42. The maximum absolute atomic E-state index is 13.5. The van der Waals surface area contributed by atoms with Crippen molar-refractivity contribution in [3.05, 3.63) is 96.5 Å². The maximum Gasteiger partial charge on any atom is 0.315 e. The van der Waals surface area contributed by atoms with Crippen LogP contribution in [0.15, 0.2) is 85.2 Å². The van der Waals surface area contributed by atoms with Gasteiger partial charge in [-0.05, 0) is 81.7 Å². The van der Waals surface area contributed by atoms with Crippen LogP contribution in [0.3, 0.4) is 0 Å². The number of carbonyl (C=O) groups is 3. The van der Waals surface area contributed by atoms with Crippen LogP contribution < -0.4 is 16.0 Å². The Morgan fingerprint density at radius 3 is 2.49 bits per heavy atom. The van der Waals surface area contributed by atoms with E-state index in [1.807, 2.05) is 48.3 Å². The van der Waals surface area contributed by atoms with Gasteiger partial charge >= 0.3 is 6.03 Å². The van der Waals surface area contributed by atoms with Gasteiger partial charge in [0, 0.05) is 65.0 Å². The Hall–Kier alpha value is -4.88. The van der Waals surface area contributed by atoms with E-state index in [4.69, 9.17) is 4.98 Å². The number of aromatic nitrogens is 2. The largest absolute Gasteiger partial charge is 0.356 e. The average molecular weight is 843 g/mol. The van der Waals surface area contributed by atoms with Gasteiger partial charge in [0.2, 0.25) is 11.8 Å². The van der Waals surface area contributed by atoms with Crippen molar-refractivity contribution in [1.82, 2.24) is 25.5 Å². The Kier molecular flexibility index (Phi) is 18.4. The summed E-state index contributed by atoms with van der Waals surface area (Å²) in [4.78, 5) is 42.7. The third-order valence-corrected chi connectivity index (χ3v) is 13.9. The van der Waals surface area contributed by atoms with Crippen LogP contribution in [0.25, 0.3) is 27.2 Å². The number of unbranched alkanes of at least 4 members (excludes halogenated alkanes) is 10. The minimum Gasteiger partial charge on any atom is -0.356 e. The lowest BCUT2D eigenvalue weighted by atomic mass is 9.89. The normalized spacial score (nSPS) is 18.0. The first kappa shape index (κ1) is 45.6. The van der Waals surface area contributed by atoms with E-state index in [9.17, 15) is 19.6 Å². The van der Waals surface area contributed by atoms with E-state index in [0.717, 1.165) is 86.4 Å². The SMILES string of the molecule is CCCCCCCC/C=C\CCCC(CCCC/C=C(\C#N)c1cn(C(=O)CCNC(=O)CCCC[C@@H]2SC[C@@H]3NC(=O)N[C@@H]32)c2ccccc12)c1nccc2ccccc12. The molecule has 2 aliphatic heterocycles. The summed E-state index contributed by atoms with van der Waals surface area (Å²) in [5.41, 5.74) is 3.30. The van der Waals surface area contributed by atoms with Gasteiger partial charge in [-0.25, -0.2) is 4.79 Å². The summed E-state index contributed by atoms with van der Waals surface area (Å²) >= 11 is 1.88. The summed E-state index contributed by atoms with van der Waals surface area (Å²) < 4.78 is 1.64. The second-order valence-electron chi connectivity index (χ2n) is 16.9. The molecular formula is C51H66N6O3S. The molecule has 1 unspecified atom stereocenters. The standard InChI is InChI=1S/C51H66N6O3S/c1-2-3-4-5-6-7-8-9-10-11-13-23-39(49-41-26-17-16-22-38(41)31-33-54-49)24-14-12-15-25-40(35-52)43-36-57(45-28-19-18-27-42(43)45)48(59)32-34-53-47(58)30-21-20-29-46-50-44(37-61-46)55-51(60)56-50/h9-10,16-19,22,25-28,31,33,36,39,44,46,50H,2-8,11-15,20-21,23-24,29-30,32,34,37H2,1H3,(H,53,58)(H2,55,56,60)/b10-9-,40-25+/t39?,44-,46-,50-/m0/s1. The first-order chi connectivity index (χ1) is 30.0. The molecule has 4 aromatic rings. The number of pyridine rings is 1. The molecule has 0 saturated carbocycles. The second-order valence-corrected chi connectivity index (χ2v) is 18.2. The molecule has 0 aliphatic carbocycles. The number of fused-ring (bicyclic) bond motifs is 3. The molecule has 0 radical (unpaired) electrons. The van der Waals surface area contributed by atoms with Crippen molar-refractivity contribution in [2.45, 2.75) is 152 Å². The number of para-hydroxylation sites is 1. The molecule has 10 heteroatoms. The molecule has 0 bridgehead atoms. The highest BCUT2D eigenvalue weighted by Crippen LogP contribution is 2.34. The molecule has 9 nitrogen and oxygen atoms in total. The number of nitriles is 1. The monoisotopic (exact) mass is 842 g/mol. The molecule has 4 atom stereocenters. The first-order valence-electron chi connectivity index (χ1n) is 23.1. The van der Waals surface area contributed by atoms with Crippen LogP contribution in [-0.4, -0.2) is 57.0 Å². The number of thioether (sulfide) groups is 1. The first-order valence-corrected chi connectivity index (χ1v) is 24.2. The number of hydrogen-bond donors (Lipinski definition) is 3. The maximum atomic E-state index is 13.5. The van der Waals surface area contributed by atoms with Crippen LogP contribution in [0.5, 0.6) is 0 Å². The lowest BCUT2D eigenvalue weighted by Gasteiger charge is -2.18. The van der Waals surface area contributed by atoms with E-state index in [-0.39, 0.29) is 42.9 Å². The molecule has 324 valence electrons. The fraction of sp³-hybridized carbons (Fsp3) is 0.510.